The van der Waals surface area contributed by atoms with Gasteiger partial charge in [0.05, 0.1) is 11.3 Å². The van der Waals surface area contributed by atoms with Gasteiger partial charge in [-0.1, -0.05) is 0 Å². The molecule has 0 N–H and O–H groups in total. The highest BCUT2D eigenvalue weighted by Gasteiger charge is 2.21. The van der Waals surface area contributed by atoms with E-state index in [9.17, 15) is 9.59 Å². The molecule has 0 saturated heterocycles. The number of hydrogen-bond donors (Lipinski definition) is 0. The first kappa shape index (κ1) is 6.84. The van der Waals surface area contributed by atoms with Crippen molar-refractivity contribution >= 4 is 17.6 Å². The van der Waals surface area contributed by atoms with Crippen LogP contribution in [0.15, 0.2) is 18.6 Å². The summed E-state index contributed by atoms with van der Waals surface area (Å²) in [6.07, 6.45) is 5.43. The molecule has 0 aromatic carbocycles. The van der Waals surface area contributed by atoms with Crippen molar-refractivity contribution in [1.29, 1.82) is 0 Å². The Kier molecular flexibility index (Phi) is 1.33. The number of fused-ring (bicyclic) bond motifs is 1. The molecule has 4 nitrogen and oxygen atoms in total. The largest absolute Gasteiger partial charge is 0.286 e. The Morgan fingerprint density at radius 3 is 2.83 bits per heavy atom. The van der Waals surface area contributed by atoms with Gasteiger partial charge in [-0.25, -0.2) is 9.97 Å². The standard InChI is InChI=1S/C8H4N2O2/c11-7-2-1-6-5(8(7)12)3-9-4-10-6/h1-4H. The Morgan fingerprint density at radius 1 is 1.17 bits per heavy atom. The van der Waals surface area contributed by atoms with E-state index in [0.717, 1.165) is 0 Å². The summed E-state index contributed by atoms with van der Waals surface area (Å²) in [4.78, 5) is 29.5. The first-order valence-electron chi connectivity index (χ1n) is 3.36. The van der Waals surface area contributed by atoms with Gasteiger partial charge in [0.15, 0.2) is 0 Å². The topological polar surface area (TPSA) is 59.9 Å². The smallest absolute Gasteiger partial charge is 0.236 e. The van der Waals surface area contributed by atoms with Crippen LogP contribution < -0.4 is 0 Å². The van der Waals surface area contributed by atoms with Gasteiger partial charge in [0.25, 0.3) is 0 Å². The summed E-state index contributed by atoms with van der Waals surface area (Å²) in [7, 11) is 0. The molecule has 0 amide bonds. The Balaban J connectivity index is 2.67. The third-order valence-electron chi connectivity index (χ3n) is 1.60. The van der Waals surface area contributed by atoms with Crippen molar-refractivity contribution in [2.45, 2.75) is 0 Å². The second-order valence-electron chi connectivity index (χ2n) is 2.35. The average molecular weight is 160 g/mol. The second kappa shape index (κ2) is 2.34. The van der Waals surface area contributed by atoms with Gasteiger partial charge >= 0.3 is 0 Å². The van der Waals surface area contributed by atoms with Gasteiger partial charge in [0.2, 0.25) is 11.6 Å². The highest BCUT2D eigenvalue weighted by Crippen LogP contribution is 2.12. The molecule has 1 aliphatic rings. The Bertz CT molecular complexity index is 396. The minimum atomic E-state index is -0.534. The lowest BCUT2D eigenvalue weighted by atomic mass is 10.0. The lowest BCUT2D eigenvalue weighted by Crippen LogP contribution is -2.17. The van der Waals surface area contributed by atoms with Crippen LogP contribution in [-0.4, -0.2) is 21.5 Å². The van der Waals surface area contributed by atoms with Crippen molar-refractivity contribution in [2.24, 2.45) is 0 Å². The quantitative estimate of drug-likeness (QED) is 0.510. The van der Waals surface area contributed by atoms with Crippen LogP contribution in [0.1, 0.15) is 16.1 Å². The van der Waals surface area contributed by atoms with Crippen molar-refractivity contribution in [3.8, 4) is 0 Å². The number of aromatic nitrogens is 2. The van der Waals surface area contributed by atoms with Crippen LogP contribution in [0, 0.1) is 0 Å². The first-order chi connectivity index (χ1) is 5.79. The highest BCUT2D eigenvalue weighted by atomic mass is 16.2. The fourth-order valence-corrected chi connectivity index (χ4v) is 1.01. The van der Waals surface area contributed by atoms with Crippen LogP contribution in [0.5, 0.6) is 0 Å². The fraction of sp³-hybridized carbons (Fsp3) is 0. The van der Waals surface area contributed by atoms with Crippen molar-refractivity contribution in [1.82, 2.24) is 9.97 Å². The average Bonchev–Trinajstić information content (AvgIpc) is 2.12. The van der Waals surface area contributed by atoms with Crippen LogP contribution in [0.2, 0.25) is 0 Å². The van der Waals surface area contributed by atoms with E-state index in [-0.39, 0.29) is 5.56 Å². The first-order valence-corrected chi connectivity index (χ1v) is 3.36. The molecule has 0 atom stereocenters. The van der Waals surface area contributed by atoms with Crippen LogP contribution >= 0.6 is 0 Å². The highest BCUT2D eigenvalue weighted by molar-refractivity contribution is 6.49. The molecular weight excluding hydrogens is 156 g/mol. The monoisotopic (exact) mass is 160 g/mol. The zero-order chi connectivity index (χ0) is 8.55. The molecule has 1 aromatic heterocycles. The number of ketones is 2. The van der Waals surface area contributed by atoms with Crippen molar-refractivity contribution in [3.63, 3.8) is 0 Å². The summed E-state index contributed by atoms with van der Waals surface area (Å²) in [6, 6.07) is 0. The molecule has 0 unspecified atom stereocenters. The van der Waals surface area contributed by atoms with Gasteiger partial charge in [-0.05, 0) is 12.2 Å². The van der Waals surface area contributed by atoms with Gasteiger partial charge < -0.3 is 0 Å². The third kappa shape index (κ3) is 0.852. The molecule has 4 heteroatoms. The molecule has 1 aromatic rings. The molecule has 0 radical (unpaired) electrons. The van der Waals surface area contributed by atoms with E-state index in [2.05, 4.69) is 9.97 Å². The van der Waals surface area contributed by atoms with Crippen LogP contribution in [0.3, 0.4) is 0 Å². The SMILES string of the molecule is O=C1C=Cc2ncncc2C1=O. The summed E-state index contributed by atoms with van der Waals surface area (Å²) < 4.78 is 0. The van der Waals surface area contributed by atoms with Crippen molar-refractivity contribution in [3.05, 3.63) is 29.9 Å². The maximum Gasteiger partial charge on any atom is 0.236 e. The van der Waals surface area contributed by atoms with E-state index < -0.39 is 11.6 Å². The maximum atomic E-state index is 11.1. The number of rotatable bonds is 0. The molecule has 12 heavy (non-hydrogen) atoms. The van der Waals surface area contributed by atoms with Crippen molar-refractivity contribution < 1.29 is 9.59 Å². The number of carbonyl (C=O) groups is 2. The third-order valence-corrected chi connectivity index (χ3v) is 1.60. The van der Waals surface area contributed by atoms with E-state index in [4.69, 9.17) is 0 Å². The lowest BCUT2D eigenvalue weighted by Gasteiger charge is -2.04. The van der Waals surface area contributed by atoms with Gasteiger partial charge in [-0.15, -0.1) is 0 Å². The molecule has 0 aliphatic heterocycles. The second-order valence-corrected chi connectivity index (χ2v) is 2.35. The number of hydrogen-bond acceptors (Lipinski definition) is 4. The Hall–Kier alpha value is -1.84. The molecule has 1 aliphatic carbocycles. The van der Waals surface area contributed by atoms with E-state index in [0.29, 0.717) is 5.69 Å². The van der Waals surface area contributed by atoms with E-state index in [1.54, 1.807) is 0 Å². The van der Waals surface area contributed by atoms with Crippen LogP contribution in [-0.2, 0) is 4.79 Å². The summed E-state index contributed by atoms with van der Waals surface area (Å²) in [6.45, 7) is 0. The maximum absolute atomic E-state index is 11.1. The lowest BCUT2D eigenvalue weighted by molar-refractivity contribution is -0.110. The molecule has 0 bridgehead atoms. The minimum absolute atomic E-state index is 0.282. The molecule has 58 valence electrons. The predicted octanol–water partition coefficient (Wildman–Crippen LogP) is 0.255. The van der Waals surface area contributed by atoms with Crippen molar-refractivity contribution in [2.75, 3.05) is 0 Å². The zero-order valence-electron chi connectivity index (χ0n) is 6.02. The normalized spacial score (nSPS) is 14.7. The summed E-state index contributed by atoms with van der Waals surface area (Å²) in [5, 5.41) is 0. The molecule has 2 rings (SSSR count). The predicted molar refractivity (Wildman–Crippen MR) is 40.4 cm³/mol. The molecule has 0 saturated carbocycles. The van der Waals surface area contributed by atoms with E-state index in [1.165, 1.54) is 24.7 Å². The summed E-state index contributed by atoms with van der Waals surface area (Å²) in [5.74, 6) is -1.05. The number of Topliss-reactive ketones (excluding diaryl/α,β-unsaturated/α-hetero) is 1. The van der Waals surface area contributed by atoms with Crippen LogP contribution in [0.4, 0.5) is 0 Å². The number of nitrogens with zero attached hydrogens (tertiary/aromatic N) is 2. The summed E-state index contributed by atoms with van der Waals surface area (Å²) in [5.41, 5.74) is 0.791. The van der Waals surface area contributed by atoms with Gasteiger partial charge in [0.1, 0.15) is 6.33 Å². The molecule has 1 heterocycles. The van der Waals surface area contributed by atoms with Gasteiger partial charge in [-0.2, -0.15) is 0 Å². The minimum Gasteiger partial charge on any atom is -0.286 e. The number of carbonyl (C=O) groups excluding carboxylic acids is 2. The van der Waals surface area contributed by atoms with E-state index in [1.807, 2.05) is 0 Å². The Morgan fingerprint density at radius 2 is 2.00 bits per heavy atom. The molecule has 0 spiro atoms. The zero-order valence-corrected chi connectivity index (χ0v) is 6.02. The molecule has 0 fully saturated rings. The summed E-state index contributed by atoms with van der Waals surface area (Å²) >= 11 is 0. The van der Waals surface area contributed by atoms with E-state index >= 15 is 0 Å². The number of allylic oxidation sites excluding steroid dienone is 1. The fourth-order valence-electron chi connectivity index (χ4n) is 1.01. The van der Waals surface area contributed by atoms with Gasteiger partial charge in [-0.3, -0.25) is 9.59 Å². The molecular formula is C8H4N2O2. The Labute approximate surface area is 68.0 Å². The van der Waals surface area contributed by atoms with Gasteiger partial charge in [0, 0.05) is 6.20 Å². The van der Waals surface area contributed by atoms with Crippen LogP contribution in [0.25, 0.3) is 6.08 Å².